The molecule has 2 N–H and O–H groups in total. The zero-order valence-corrected chi connectivity index (χ0v) is 17.1. The molecule has 0 aromatic rings. The molecule has 0 spiro atoms. The van der Waals surface area contributed by atoms with Crippen LogP contribution in [0.15, 0.2) is 11.6 Å². The molecule has 3 fully saturated rings. The number of carbonyl (C=O) groups excluding carboxylic acids is 1. The van der Waals surface area contributed by atoms with Gasteiger partial charge in [-0.25, -0.2) is 0 Å². The van der Waals surface area contributed by atoms with Crippen LogP contribution in [0.5, 0.6) is 0 Å². The third-order valence-electron chi connectivity index (χ3n) is 8.61. The Bertz CT molecular complexity index is 616. The first kappa shape index (κ1) is 18.2. The normalized spacial score (nSPS) is 55.0. The number of carbonyl (C=O) groups is 1. The molecule has 0 aromatic heterocycles. The second kappa shape index (κ2) is 5.90. The average Bonchev–Trinajstić information content (AvgIpc) is 2.79. The summed E-state index contributed by atoms with van der Waals surface area (Å²) in [7, 11) is 0. The predicted molar refractivity (Wildman–Crippen MR) is 101 cm³/mol. The summed E-state index contributed by atoms with van der Waals surface area (Å²) < 4.78 is 0. The Balaban J connectivity index is 1.71. The summed E-state index contributed by atoms with van der Waals surface area (Å²) in [6, 6.07) is 0. The Morgan fingerprint density at radius 2 is 1.96 bits per heavy atom. The number of ketones is 1. The van der Waals surface area contributed by atoms with E-state index in [1.807, 2.05) is 0 Å². The van der Waals surface area contributed by atoms with Crippen molar-refractivity contribution in [1.29, 1.82) is 0 Å². The van der Waals surface area contributed by atoms with Gasteiger partial charge in [-0.1, -0.05) is 41.4 Å². The van der Waals surface area contributed by atoms with Gasteiger partial charge in [0.1, 0.15) is 5.78 Å². The van der Waals surface area contributed by atoms with Crippen LogP contribution in [-0.4, -0.2) is 33.0 Å². The van der Waals surface area contributed by atoms with Crippen molar-refractivity contribution in [2.75, 3.05) is 0 Å². The van der Waals surface area contributed by atoms with E-state index in [1.54, 1.807) is 6.92 Å². The van der Waals surface area contributed by atoms with Gasteiger partial charge in [-0.05, 0) is 62.2 Å². The SMILES string of the molecule is CC(=O)C1C(Br)CC2C3CC=C4CC(O)CC(O)C4(C)C3CCC21C. The van der Waals surface area contributed by atoms with E-state index in [-0.39, 0.29) is 21.6 Å². The van der Waals surface area contributed by atoms with Gasteiger partial charge in [0.2, 0.25) is 0 Å². The molecule has 0 amide bonds. The molecule has 140 valence electrons. The van der Waals surface area contributed by atoms with Gasteiger partial charge in [0.25, 0.3) is 0 Å². The first-order valence-corrected chi connectivity index (χ1v) is 10.8. The molecular weight excluding hydrogens is 380 g/mol. The topological polar surface area (TPSA) is 57.5 Å². The first-order chi connectivity index (χ1) is 11.7. The molecule has 25 heavy (non-hydrogen) atoms. The summed E-state index contributed by atoms with van der Waals surface area (Å²) in [6.45, 7) is 6.33. The molecule has 4 rings (SSSR count). The highest BCUT2D eigenvalue weighted by atomic mass is 79.9. The molecule has 3 nitrogen and oxygen atoms in total. The van der Waals surface area contributed by atoms with Gasteiger partial charge in [-0.15, -0.1) is 0 Å². The number of halogens is 1. The zero-order chi connectivity index (χ0) is 18.1. The molecule has 4 aliphatic carbocycles. The van der Waals surface area contributed by atoms with E-state index < -0.39 is 12.2 Å². The van der Waals surface area contributed by atoms with E-state index >= 15 is 0 Å². The predicted octanol–water partition coefficient (Wildman–Crippen LogP) is 3.86. The molecule has 4 heteroatoms. The number of allylic oxidation sites excluding steroid dienone is 1. The quantitative estimate of drug-likeness (QED) is 0.509. The monoisotopic (exact) mass is 410 g/mol. The van der Waals surface area contributed by atoms with Crippen LogP contribution in [0, 0.1) is 34.5 Å². The highest BCUT2D eigenvalue weighted by Crippen LogP contribution is 2.67. The van der Waals surface area contributed by atoms with Gasteiger partial charge in [0.05, 0.1) is 12.2 Å². The van der Waals surface area contributed by atoms with E-state index in [0.29, 0.717) is 30.0 Å². The summed E-state index contributed by atoms with van der Waals surface area (Å²) in [4.78, 5) is 12.6. The first-order valence-electron chi connectivity index (χ1n) is 9.89. The number of aliphatic hydroxyl groups excluding tert-OH is 2. The molecule has 0 radical (unpaired) electrons. The molecule has 9 unspecified atom stereocenters. The summed E-state index contributed by atoms with van der Waals surface area (Å²) in [5.41, 5.74) is 1.17. The van der Waals surface area contributed by atoms with Crippen LogP contribution in [0.1, 0.15) is 59.3 Å². The Kier molecular flexibility index (Phi) is 4.29. The summed E-state index contributed by atoms with van der Waals surface area (Å²) in [6.07, 6.45) is 6.95. The number of hydrogen-bond acceptors (Lipinski definition) is 3. The van der Waals surface area contributed by atoms with Gasteiger partial charge >= 0.3 is 0 Å². The van der Waals surface area contributed by atoms with E-state index in [2.05, 4.69) is 35.9 Å². The molecule has 0 aromatic carbocycles. The Hall–Kier alpha value is -0.190. The summed E-state index contributed by atoms with van der Waals surface area (Å²) in [5.74, 6) is 2.00. The van der Waals surface area contributed by atoms with Gasteiger partial charge in [-0.2, -0.15) is 0 Å². The second-order valence-electron chi connectivity index (χ2n) is 9.62. The minimum absolute atomic E-state index is 0.0853. The van der Waals surface area contributed by atoms with Crippen LogP contribution in [0.25, 0.3) is 0 Å². The fourth-order valence-electron chi connectivity index (χ4n) is 7.39. The summed E-state index contributed by atoms with van der Waals surface area (Å²) in [5, 5.41) is 21.0. The van der Waals surface area contributed by atoms with Crippen LogP contribution in [0.3, 0.4) is 0 Å². The Morgan fingerprint density at radius 1 is 1.24 bits per heavy atom. The van der Waals surface area contributed by atoms with Crippen molar-refractivity contribution in [3.63, 3.8) is 0 Å². The Morgan fingerprint density at radius 3 is 2.64 bits per heavy atom. The molecular formula is C21H31BrO3. The van der Waals surface area contributed by atoms with Crippen LogP contribution in [-0.2, 0) is 4.79 Å². The standard InChI is InChI=1S/C21H31BrO3/c1-11(23)19-17(22)10-16-14-5-4-12-8-13(24)9-18(25)21(12,3)15(14)6-7-20(16,19)2/h4,13-19,24-25H,5-10H2,1-3H3. The van der Waals surface area contributed by atoms with E-state index in [4.69, 9.17) is 0 Å². The second-order valence-corrected chi connectivity index (χ2v) is 10.8. The lowest BCUT2D eigenvalue weighted by Crippen LogP contribution is -2.55. The van der Waals surface area contributed by atoms with Crippen molar-refractivity contribution >= 4 is 21.7 Å². The highest BCUT2D eigenvalue weighted by molar-refractivity contribution is 9.09. The fraction of sp³-hybridized carbons (Fsp3) is 0.857. The number of hydrogen-bond donors (Lipinski definition) is 2. The van der Waals surface area contributed by atoms with Crippen LogP contribution in [0.4, 0.5) is 0 Å². The van der Waals surface area contributed by atoms with Crippen LogP contribution in [0.2, 0.25) is 0 Å². The van der Waals surface area contributed by atoms with Crippen LogP contribution < -0.4 is 0 Å². The molecule has 3 saturated carbocycles. The largest absolute Gasteiger partial charge is 0.393 e. The van der Waals surface area contributed by atoms with Crippen molar-refractivity contribution in [3.8, 4) is 0 Å². The molecule has 0 aliphatic heterocycles. The smallest absolute Gasteiger partial charge is 0.134 e. The van der Waals surface area contributed by atoms with Crippen molar-refractivity contribution in [1.82, 2.24) is 0 Å². The Labute approximate surface area is 159 Å². The van der Waals surface area contributed by atoms with Crippen molar-refractivity contribution < 1.29 is 15.0 Å². The maximum atomic E-state index is 12.3. The van der Waals surface area contributed by atoms with Gasteiger partial charge in [0, 0.05) is 22.6 Å². The summed E-state index contributed by atoms with van der Waals surface area (Å²) >= 11 is 3.83. The third kappa shape index (κ3) is 2.39. The lowest BCUT2D eigenvalue weighted by molar-refractivity contribution is -0.130. The van der Waals surface area contributed by atoms with Crippen LogP contribution >= 0.6 is 15.9 Å². The molecule has 4 aliphatic rings. The maximum Gasteiger partial charge on any atom is 0.134 e. The van der Waals surface area contributed by atoms with Crippen molar-refractivity contribution in [2.24, 2.45) is 34.5 Å². The van der Waals surface area contributed by atoms with Gasteiger partial charge in [0.15, 0.2) is 0 Å². The number of rotatable bonds is 1. The molecule has 0 heterocycles. The van der Waals surface area contributed by atoms with E-state index in [0.717, 1.165) is 32.1 Å². The highest BCUT2D eigenvalue weighted by Gasteiger charge is 2.62. The lowest BCUT2D eigenvalue weighted by Gasteiger charge is -2.59. The molecule has 9 atom stereocenters. The molecule has 0 saturated heterocycles. The molecule has 0 bridgehead atoms. The number of alkyl halides is 1. The number of aliphatic hydroxyl groups is 2. The van der Waals surface area contributed by atoms with E-state index in [1.165, 1.54) is 5.57 Å². The van der Waals surface area contributed by atoms with Crippen molar-refractivity contribution in [2.45, 2.75) is 76.3 Å². The zero-order valence-electron chi connectivity index (χ0n) is 15.5. The number of fused-ring (bicyclic) bond motifs is 5. The van der Waals surface area contributed by atoms with Gasteiger partial charge < -0.3 is 10.2 Å². The average molecular weight is 411 g/mol. The lowest BCUT2D eigenvalue weighted by atomic mass is 9.46. The minimum atomic E-state index is -0.454. The number of Topliss-reactive ketones (excluding diaryl/α,β-unsaturated/α-hetero) is 1. The van der Waals surface area contributed by atoms with Crippen molar-refractivity contribution in [3.05, 3.63) is 11.6 Å². The third-order valence-corrected chi connectivity index (χ3v) is 9.51. The van der Waals surface area contributed by atoms with E-state index in [9.17, 15) is 15.0 Å². The fourth-order valence-corrected chi connectivity index (χ4v) is 8.77. The minimum Gasteiger partial charge on any atom is -0.393 e. The van der Waals surface area contributed by atoms with Gasteiger partial charge in [-0.3, -0.25) is 4.79 Å². The maximum absolute atomic E-state index is 12.3.